The second-order valence-electron chi connectivity index (χ2n) is 9.19. The van der Waals surface area contributed by atoms with Crippen LogP contribution in [-0.2, 0) is 25.5 Å². The molecule has 0 aromatic carbocycles. The largest absolute Gasteiger partial charge is 0.491 e. The van der Waals surface area contributed by atoms with E-state index in [1.807, 2.05) is 32.3 Å². The van der Waals surface area contributed by atoms with E-state index >= 15 is 0 Å². The summed E-state index contributed by atoms with van der Waals surface area (Å²) in [5.41, 5.74) is -0.944. The van der Waals surface area contributed by atoms with Crippen LogP contribution in [0.2, 0.25) is 0 Å². The number of rotatable bonds is 8. The molecule has 1 aromatic heterocycles. The van der Waals surface area contributed by atoms with Gasteiger partial charge in [-0.1, -0.05) is 6.92 Å². The van der Waals surface area contributed by atoms with Crippen LogP contribution >= 0.6 is 15.9 Å². The predicted molar refractivity (Wildman–Crippen MR) is 123 cm³/mol. The Hall–Kier alpha value is -1.62. The number of methoxy groups -OCH3 is 3. The second-order valence-corrected chi connectivity index (χ2v) is 10.0. The Balaban J connectivity index is 2.68. The number of pyridine rings is 1. The van der Waals surface area contributed by atoms with Crippen LogP contribution in [0.25, 0.3) is 0 Å². The van der Waals surface area contributed by atoms with Crippen molar-refractivity contribution in [3.05, 3.63) is 26.6 Å². The van der Waals surface area contributed by atoms with E-state index in [0.717, 1.165) is 0 Å². The van der Waals surface area contributed by atoms with E-state index < -0.39 is 23.2 Å². The number of hydrogen-bond acceptors (Lipinski definition) is 7. The standard InChI is InChI=1S/C22H35BrN2O7/c1-21(2,3)32-20(27)24(5)15-12-25-11-14(23)17(26)18(30-8)16(25)19(31-13-29-7)22(15,4)9-10-28-6/h11,15,19H,9-10,12-13H2,1-8H3. The van der Waals surface area contributed by atoms with E-state index in [-0.39, 0.29) is 24.0 Å². The number of aromatic nitrogens is 1. The van der Waals surface area contributed by atoms with E-state index in [2.05, 4.69) is 15.9 Å². The van der Waals surface area contributed by atoms with Gasteiger partial charge in [0.1, 0.15) is 18.5 Å². The van der Waals surface area contributed by atoms with Crippen molar-refractivity contribution in [1.82, 2.24) is 9.47 Å². The quantitative estimate of drug-likeness (QED) is 0.486. The van der Waals surface area contributed by atoms with Crippen LogP contribution in [0.5, 0.6) is 5.75 Å². The molecule has 182 valence electrons. The zero-order valence-electron chi connectivity index (χ0n) is 20.2. The van der Waals surface area contributed by atoms with Gasteiger partial charge < -0.3 is 33.2 Å². The molecule has 0 aliphatic carbocycles. The lowest BCUT2D eigenvalue weighted by molar-refractivity contribution is -0.155. The van der Waals surface area contributed by atoms with Gasteiger partial charge in [0, 0.05) is 46.0 Å². The molecule has 1 aliphatic rings. The molecule has 0 saturated heterocycles. The van der Waals surface area contributed by atoms with Crippen molar-refractivity contribution < 1.29 is 28.5 Å². The number of likely N-dealkylation sites (N-methyl/N-ethyl adjacent to an activating group) is 1. The van der Waals surface area contributed by atoms with Gasteiger partial charge >= 0.3 is 6.09 Å². The monoisotopic (exact) mass is 518 g/mol. The highest BCUT2D eigenvalue weighted by Gasteiger charge is 2.52. The molecule has 0 saturated carbocycles. The molecular formula is C22H35BrN2O7. The molecule has 0 fully saturated rings. The number of ether oxygens (including phenoxy) is 5. The Morgan fingerprint density at radius 1 is 1.28 bits per heavy atom. The number of nitrogens with zero attached hydrogens (tertiary/aromatic N) is 2. The third kappa shape index (κ3) is 5.47. The summed E-state index contributed by atoms with van der Waals surface area (Å²) in [5.74, 6) is 0.197. The Morgan fingerprint density at radius 3 is 2.47 bits per heavy atom. The number of hydrogen-bond donors (Lipinski definition) is 0. The molecule has 0 radical (unpaired) electrons. The molecular weight excluding hydrogens is 484 g/mol. The highest BCUT2D eigenvalue weighted by Crippen LogP contribution is 2.50. The summed E-state index contributed by atoms with van der Waals surface area (Å²) in [6.45, 7) is 8.36. The van der Waals surface area contributed by atoms with Crippen molar-refractivity contribution in [1.29, 1.82) is 0 Å². The van der Waals surface area contributed by atoms with Gasteiger partial charge in [-0.05, 0) is 43.1 Å². The third-order valence-corrected chi connectivity index (χ3v) is 6.33. The SMILES string of the molecule is COCCC1(C)C(OCOC)c2c(OC)c(=O)c(Br)cn2CC1N(C)C(=O)OC(C)(C)C. The Bertz CT molecular complexity index is 867. The number of carbonyl (C=O) groups excluding carboxylic acids is 1. The molecule has 1 amide bonds. The molecule has 1 aromatic rings. The van der Waals surface area contributed by atoms with Crippen LogP contribution in [0.1, 0.15) is 45.9 Å². The van der Waals surface area contributed by atoms with Crippen LogP contribution < -0.4 is 10.2 Å². The summed E-state index contributed by atoms with van der Waals surface area (Å²) >= 11 is 3.33. The van der Waals surface area contributed by atoms with Gasteiger partial charge in [-0.15, -0.1) is 0 Å². The van der Waals surface area contributed by atoms with Gasteiger partial charge in [0.2, 0.25) is 5.43 Å². The topological polar surface area (TPSA) is 88.5 Å². The van der Waals surface area contributed by atoms with Crippen LogP contribution in [-0.4, -0.2) is 69.0 Å². The fraction of sp³-hybridized carbons (Fsp3) is 0.727. The van der Waals surface area contributed by atoms with Gasteiger partial charge in [-0.2, -0.15) is 0 Å². The highest BCUT2D eigenvalue weighted by molar-refractivity contribution is 9.10. The summed E-state index contributed by atoms with van der Waals surface area (Å²) in [6.07, 6.45) is 1.21. The Labute approximate surface area is 198 Å². The molecule has 10 heteroatoms. The van der Waals surface area contributed by atoms with E-state index in [0.29, 0.717) is 29.7 Å². The molecule has 2 rings (SSSR count). The van der Waals surface area contributed by atoms with Crippen molar-refractivity contribution in [3.8, 4) is 5.75 Å². The minimum Gasteiger partial charge on any atom is -0.491 e. The zero-order chi connectivity index (χ0) is 24.3. The minimum atomic E-state index is -0.645. The van der Waals surface area contributed by atoms with E-state index in [4.69, 9.17) is 23.7 Å². The molecule has 0 N–H and O–H groups in total. The first-order chi connectivity index (χ1) is 14.9. The van der Waals surface area contributed by atoms with E-state index in [1.165, 1.54) is 14.2 Å². The maximum absolute atomic E-state index is 13.0. The van der Waals surface area contributed by atoms with E-state index in [9.17, 15) is 9.59 Å². The molecule has 3 atom stereocenters. The normalized spacial score (nSPS) is 22.9. The average molecular weight is 519 g/mol. The maximum atomic E-state index is 13.0. The summed E-state index contributed by atoms with van der Waals surface area (Å²) < 4.78 is 30.2. The summed E-state index contributed by atoms with van der Waals surface area (Å²) in [6, 6.07) is -0.332. The van der Waals surface area contributed by atoms with Gasteiger partial charge in [-0.25, -0.2) is 4.79 Å². The van der Waals surface area contributed by atoms with Crippen LogP contribution in [0.15, 0.2) is 15.5 Å². The molecule has 9 nitrogen and oxygen atoms in total. The van der Waals surface area contributed by atoms with Crippen molar-refractivity contribution >= 4 is 22.0 Å². The first-order valence-corrected chi connectivity index (χ1v) is 11.2. The smallest absolute Gasteiger partial charge is 0.410 e. The Kier molecular flexibility index (Phi) is 8.77. The van der Waals surface area contributed by atoms with Gasteiger partial charge in [-0.3, -0.25) is 4.79 Å². The van der Waals surface area contributed by atoms with Crippen molar-refractivity contribution in [3.63, 3.8) is 0 Å². The van der Waals surface area contributed by atoms with Gasteiger partial charge in [0.05, 0.1) is 23.3 Å². The molecule has 0 spiro atoms. The lowest BCUT2D eigenvalue weighted by atomic mass is 9.70. The predicted octanol–water partition coefficient (Wildman–Crippen LogP) is 3.57. The summed E-state index contributed by atoms with van der Waals surface area (Å²) in [4.78, 5) is 27.4. The van der Waals surface area contributed by atoms with Crippen LogP contribution in [0.4, 0.5) is 4.79 Å². The fourth-order valence-corrected chi connectivity index (χ4v) is 4.60. The fourth-order valence-electron chi connectivity index (χ4n) is 4.17. The van der Waals surface area contributed by atoms with Crippen molar-refractivity contribution in [2.24, 2.45) is 5.41 Å². The number of carbonyl (C=O) groups is 1. The van der Waals surface area contributed by atoms with Crippen molar-refractivity contribution in [2.45, 2.75) is 58.4 Å². The third-order valence-electron chi connectivity index (χ3n) is 5.76. The van der Waals surface area contributed by atoms with Gasteiger partial charge in [0.15, 0.2) is 5.75 Å². The molecule has 32 heavy (non-hydrogen) atoms. The summed E-state index contributed by atoms with van der Waals surface area (Å²) in [5, 5.41) is 0. The first-order valence-electron chi connectivity index (χ1n) is 10.4. The number of halogens is 1. The van der Waals surface area contributed by atoms with Gasteiger partial charge in [0.25, 0.3) is 0 Å². The second kappa shape index (κ2) is 10.5. The maximum Gasteiger partial charge on any atom is 0.410 e. The minimum absolute atomic E-state index is 0.00349. The highest BCUT2D eigenvalue weighted by atomic mass is 79.9. The molecule has 2 heterocycles. The van der Waals surface area contributed by atoms with Crippen LogP contribution in [0, 0.1) is 5.41 Å². The number of amides is 1. The lowest BCUT2D eigenvalue weighted by Crippen LogP contribution is -2.57. The number of fused-ring (bicyclic) bond motifs is 1. The first kappa shape index (κ1) is 26.6. The summed E-state index contributed by atoms with van der Waals surface area (Å²) in [7, 11) is 6.34. The molecule has 1 aliphatic heterocycles. The molecule has 3 unspecified atom stereocenters. The Morgan fingerprint density at radius 2 is 1.94 bits per heavy atom. The zero-order valence-corrected chi connectivity index (χ0v) is 21.8. The van der Waals surface area contributed by atoms with E-state index in [1.54, 1.807) is 25.3 Å². The lowest BCUT2D eigenvalue weighted by Gasteiger charge is -2.51. The van der Waals surface area contributed by atoms with Crippen LogP contribution in [0.3, 0.4) is 0 Å². The van der Waals surface area contributed by atoms with Crippen molar-refractivity contribution in [2.75, 3.05) is 41.8 Å². The average Bonchev–Trinajstić information content (AvgIpc) is 2.71. The molecule has 0 bridgehead atoms.